The Morgan fingerprint density at radius 3 is 1.36 bits per heavy atom. The molecule has 450 valence electrons. The van der Waals surface area contributed by atoms with Crippen LogP contribution in [0, 0.1) is 0 Å². The lowest BCUT2D eigenvalue weighted by atomic mass is 9.97. The fourth-order valence-electron chi connectivity index (χ4n) is 9.65. The van der Waals surface area contributed by atoms with Gasteiger partial charge in [-0.05, 0) is 70.6 Å². The molecule has 0 aromatic carbocycles. The van der Waals surface area contributed by atoms with Crippen molar-refractivity contribution in [2.24, 2.45) is 0 Å². The molecular formula is C64H111NO13. The number of unbranched alkanes of at least 4 members (excludes halogenated alkanes) is 23. The fourth-order valence-corrected chi connectivity index (χ4v) is 9.65. The molecule has 2 saturated heterocycles. The van der Waals surface area contributed by atoms with Crippen molar-refractivity contribution in [2.45, 2.75) is 293 Å². The van der Waals surface area contributed by atoms with Gasteiger partial charge in [0.1, 0.15) is 48.8 Å². The van der Waals surface area contributed by atoms with Gasteiger partial charge < -0.3 is 65.1 Å². The second-order valence-electron chi connectivity index (χ2n) is 21.5. The largest absolute Gasteiger partial charge is 0.394 e. The molecule has 2 heterocycles. The number of hydrogen-bond donors (Lipinski definition) is 9. The van der Waals surface area contributed by atoms with Crippen LogP contribution in [0.2, 0.25) is 0 Å². The molecule has 12 atom stereocenters. The van der Waals surface area contributed by atoms with E-state index in [9.17, 15) is 45.6 Å². The van der Waals surface area contributed by atoms with Gasteiger partial charge in [-0.25, -0.2) is 0 Å². The van der Waals surface area contributed by atoms with Crippen LogP contribution in [0.5, 0.6) is 0 Å². The number of nitrogens with one attached hydrogen (secondary N) is 1. The first-order chi connectivity index (χ1) is 38.1. The van der Waals surface area contributed by atoms with Gasteiger partial charge in [0.15, 0.2) is 12.6 Å². The third-order valence-electron chi connectivity index (χ3n) is 14.6. The van der Waals surface area contributed by atoms with Gasteiger partial charge in [0.2, 0.25) is 5.91 Å². The number of aliphatic hydroxyl groups excluding tert-OH is 8. The summed E-state index contributed by atoms with van der Waals surface area (Å²) in [5.74, 6) is -0.245. The van der Waals surface area contributed by atoms with Crippen LogP contribution >= 0.6 is 0 Å². The van der Waals surface area contributed by atoms with Crippen LogP contribution < -0.4 is 5.32 Å². The second kappa shape index (κ2) is 48.8. The summed E-state index contributed by atoms with van der Waals surface area (Å²) in [7, 11) is 0. The number of hydrogen-bond acceptors (Lipinski definition) is 13. The molecule has 0 saturated carbocycles. The van der Waals surface area contributed by atoms with E-state index in [1.165, 1.54) is 103 Å². The Kier molecular flexibility index (Phi) is 44.6. The van der Waals surface area contributed by atoms with E-state index in [0.717, 1.165) is 89.9 Å². The molecule has 78 heavy (non-hydrogen) atoms. The molecule has 2 aliphatic rings. The van der Waals surface area contributed by atoms with Crippen molar-refractivity contribution < 1.29 is 64.6 Å². The van der Waals surface area contributed by atoms with E-state index in [1.807, 2.05) is 6.08 Å². The fraction of sp³-hybridized carbons (Fsp3) is 0.766. The number of allylic oxidation sites excluding steroid dienone is 13. The summed E-state index contributed by atoms with van der Waals surface area (Å²) in [5, 5.41) is 86.6. The summed E-state index contributed by atoms with van der Waals surface area (Å²) in [6.07, 6.45) is 49.8. The predicted molar refractivity (Wildman–Crippen MR) is 313 cm³/mol. The van der Waals surface area contributed by atoms with Crippen LogP contribution in [-0.4, -0.2) is 140 Å². The monoisotopic (exact) mass is 1100 g/mol. The highest BCUT2D eigenvalue weighted by atomic mass is 16.7. The van der Waals surface area contributed by atoms with Gasteiger partial charge in [-0.3, -0.25) is 4.79 Å². The molecule has 0 bridgehead atoms. The Labute approximate surface area is 471 Å². The van der Waals surface area contributed by atoms with Gasteiger partial charge in [0.25, 0.3) is 0 Å². The van der Waals surface area contributed by atoms with Gasteiger partial charge in [0, 0.05) is 6.42 Å². The Bertz CT molecular complexity index is 1630. The quantitative estimate of drug-likeness (QED) is 0.0204. The molecule has 0 aromatic heterocycles. The molecule has 0 spiro atoms. The lowest BCUT2D eigenvalue weighted by Crippen LogP contribution is -2.65. The molecule has 14 nitrogen and oxygen atoms in total. The molecule has 0 aromatic rings. The summed E-state index contributed by atoms with van der Waals surface area (Å²) >= 11 is 0. The third-order valence-corrected chi connectivity index (χ3v) is 14.6. The minimum atomic E-state index is -1.79. The summed E-state index contributed by atoms with van der Waals surface area (Å²) in [6, 6.07) is -0.913. The van der Waals surface area contributed by atoms with Crippen molar-refractivity contribution in [3.05, 3.63) is 85.1 Å². The SMILES string of the molecule is CC/C=C\C/C=C\C/C=C\C/C=C\C/C=C\C/C=C\CCCCCCCCCCCCCCCCCCCCC(=O)NC(COC1OC(CO)C(OC2OC(CO)C(O)C(O)C2O)C(O)C1O)C(O)/C=C/CCCCCCC. The van der Waals surface area contributed by atoms with Crippen LogP contribution in [0.1, 0.15) is 219 Å². The van der Waals surface area contributed by atoms with Crippen molar-refractivity contribution in [1.29, 1.82) is 0 Å². The standard InChI is InChI=1S/C64H111NO13/c1-3-5-7-9-11-12-13-14-15-16-17-18-19-20-21-22-23-24-25-26-27-28-29-30-31-32-33-34-35-36-37-38-39-40-42-44-46-48-56(69)65-52(53(68)47-45-43-41-10-8-6-4-2)51-75-63-61(74)59(72)62(55(50-67)77-63)78-64-60(73)58(71)57(70)54(49-66)76-64/h5,7,11-12,14-15,17-18,20-21,23-24,45,47,52-55,57-64,66-68,70-74H,3-4,6,8-10,13,16,19,22,25-44,46,48-51H2,1-2H3,(H,65,69)/b7-5-,12-11-,15-14-,18-17-,21-20-,24-23-,47-45+. The summed E-state index contributed by atoms with van der Waals surface area (Å²) in [6.45, 7) is 2.60. The van der Waals surface area contributed by atoms with Crippen LogP contribution in [0.4, 0.5) is 0 Å². The molecule has 2 rings (SSSR count). The number of carbonyl (C=O) groups excluding carboxylic acids is 1. The van der Waals surface area contributed by atoms with Gasteiger partial charge >= 0.3 is 0 Å². The highest BCUT2D eigenvalue weighted by Crippen LogP contribution is 2.30. The van der Waals surface area contributed by atoms with Crippen LogP contribution in [0.25, 0.3) is 0 Å². The lowest BCUT2D eigenvalue weighted by molar-refractivity contribution is -0.359. The van der Waals surface area contributed by atoms with E-state index in [0.29, 0.717) is 6.42 Å². The number of carbonyl (C=O) groups is 1. The van der Waals surface area contributed by atoms with Crippen molar-refractivity contribution in [1.82, 2.24) is 5.32 Å². The van der Waals surface area contributed by atoms with Gasteiger partial charge in [-0.2, -0.15) is 0 Å². The predicted octanol–water partition coefficient (Wildman–Crippen LogP) is 10.9. The third kappa shape index (κ3) is 33.8. The molecule has 0 aliphatic carbocycles. The van der Waals surface area contributed by atoms with Crippen molar-refractivity contribution in [3.63, 3.8) is 0 Å². The van der Waals surface area contributed by atoms with Crippen LogP contribution in [-0.2, 0) is 23.7 Å². The van der Waals surface area contributed by atoms with Gasteiger partial charge in [0.05, 0.1) is 32.0 Å². The van der Waals surface area contributed by atoms with Gasteiger partial charge in [-0.15, -0.1) is 0 Å². The lowest BCUT2D eigenvalue weighted by Gasteiger charge is -2.46. The van der Waals surface area contributed by atoms with Crippen molar-refractivity contribution in [2.75, 3.05) is 19.8 Å². The highest BCUT2D eigenvalue weighted by molar-refractivity contribution is 5.76. The molecule has 0 radical (unpaired) electrons. The van der Waals surface area contributed by atoms with E-state index < -0.39 is 86.8 Å². The molecule has 2 aliphatic heterocycles. The molecular weight excluding hydrogens is 991 g/mol. The maximum absolute atomic E-state index is 13.2. The maximum Gasteiger partial charge on any atom is 0.220 e. The summed E-state index contributed by atoms with van der Waals surface area (Å²) < 4.78 is 22.7. The van der Waals surface area contributed by atoms with Crippen LogP contribution in [0.15, 0.2) is 85.1 Å². The molecule has 1 amide bonds. The summed E-state index contributed by atoms with van der Waals surface area (Å²) in [5.41, 5.74) is 0. The smallest absolute Gasteiger partial charge is 0.220 e. The topological polar surface area (TPSA) is 228 Å². The average Bonchev–Trinajstić information content (AvgIpc) is 3.47. The number of rotatable bonds is 48. The first kappa shape index (κ1) is 71.3. The second-order valence-corrected chi connectivity index (χ2v) is 21.5. The molecule has 9 N–H and O–H groups in total. The minimum absolute atomic E-state index is 0.245. The molecule has 12 unspecified atom stereocenters. The molecule has 14 heteroatoms. The van der Waals surface area contributed by atoms with Crippen molar-refractivity contribution in [3.8, 4) is 0 Å². The van der Waals surface area contributed by atoms with E-state index in [1.54, 1.807) is 6.08 Å². The minimum Gasteiger partial charge on any atom is -0.394 e. The zero-order valence-corrected chi connectivity index (χ0v) is 48.4. The first-order valence-corrected chi connectivity index (χ1v) is 30.8. The zero-order chi connectivity index (χ0) is 56.7. The first-order valence-electron chi connectivity index (χ1n) is 30.8. The highest BCUT2D eigenvalue weighted by Gasteiger charge is 2.51. The van der Waals surface area contributed by atoms with E-state index in [2.05, 4.69) is 92.1 Å². The zero-order valence-electron chi connectivity index (χ0n) is 48.4. The number of amides is 1. The number of ether oxygens (including phenoxy) is 4. The Balaban J connectivity index is 1.54. The van der Waals surface area contributed by atoms with Crippen LogP contribution in [0.3, 0.4) is 0 Å². The number of aliphatic hydroxyl groups is 8. The Morgan fingerprint density at radius 1 is 0.474 bits per heavy atom. The van der Waals surface area contributed by atoms with Crippen molar-refractivity contribution >= 4 is 5.91 Å². The van der Waals surface area contributed by atoms with E-state index in [4.69, 9.17) is 18.9 Å². The normalized spacial score (nSPS) is 25.2. The Morgan fingerprint density at radius 2 is 0.885 bits per heavy atom. The average molecular weight is 1100 g/mol. The molecule has 2 fully saturated rings. The van der Waals surface area contributed by atoms with E-state index in [-0.39, 0.29) is 18.9 Å². The maximum atomic E-state index is 13.2. The Hall–Kier alpha value is -2.83. The summed E-state index contributed by atoms with van der Waals surface area (Å²) in [4.78, 5) is 13.2. The van der Waals surface area contributed by atoms with E-state index >= 15 is 0 Å². The van der Waals surface area contributed by atoms with Gasteiger partial charge in [-0.1, -0.05) is 227 Å².